The van der Waals surface area contributed by atoms with Gasteiger partial charge in [0, 0.05) is 33.5 Å². The van der Waals surface area contributed by atoms with Crippen molar-refractivity contribution in [2.24, 2.45) is 0 Å². The van der Waals surface area contributed by atoms with E-state index in [0.29, 0.717) is 0 Å². The van der Waals surface area contributed by atoms with Crippen LogP contribution in [0.15, 0.2) is 206 Å². The van der Waals surface area contributed by atoms with Crippen LogP contribution < -0.4 is 9.80 Å². The molecule has 0 unspecified atom stereocenters. The van der Waals surface area contributed by atoms with Crippen molar-refractivity contribution >= 4 is 77.7 Å². The Bertz CT molecular complexity index is 3280. The lowest BCUT2D eigenvalue weighted by atomic mass is 9.85. The lowest BCUT2D eigenvalue weighted by Gasteiger charge is -2.28. The average molecular weight is 823 g/mol. The highest BCUT2D eigenvalue weighted by molar-refractivity contribution is 6.22. The molecule has 0 N–H and O–H groups in total. The topological polar surface area (TPSA) is 32.3 Å². The zero-order valence-electron chi connectivity index (χ0n) is 36.4. The number of hydrogen-bond donors (Lipinski definition) is 0. The van der Waals surface area contributed by atoms with E-state index >= 15 is 0 Å². The zero-order valence-corrected chi connectivity index (χ0v) is 36.4. The quantitative estimate of drug-likeness (QED) is 0.143. The third kappa shape index (κ3) is 7.09. The van der Waals surface area contributed by atoms with Crippen LogP contribution in [0.25, 0.3) is 65.6 Å². The van der Waals surface area contributed by atoms with E-state index in [2.05, 4.69) is 244 Å². The first-order valence-electron chi connectivity index (χ1n) is 22.0. The Hall–Kier alpha value is -8.08. The Kier molecular flexibility index (Phi) is 9.70. The van der Waals surface area contributed by atoms with Crippen LogP contribution in [0.1, 0.15) is 22.3 Å². The van der Waals surface area contributed by atoms with Gasteiger partial charge in [0.05, 0.1) is 11.0 Å². The molecule has 2 aromatic heterocycles. The molecule has 306 valence electrons. The fourth-order valence-electron chi connectivity index (χ4n) is 9.66. The first-order valence-corrected chi connectivity index (χ1v) is 22.0. The normalized spacial score (nSPS) is 11.4. The van der Waals surface area contributed by atoms with Crippen molar-refractivity contribution in [2.75, 3.05) is 9.80 Å². The third-order valence-corrected chi connectivity index (χ3v) is 12.3. The summed E-state index contributed by atoms with van der Waals surface area (Å²) in [4.78, 5) is 15.2. The second-order valence-electron chi connectivity index (χ2n) is 17.0. The van der Waals surface area contributed by atoms with E-state index in [9.17, 15) is 0 Å². The van der Waals surface area contributed by atoms with Gasteiger partial charge in [0.15, 0.2) is 0 Å². The van der Waals surface area contributed by atoms with Gasteiger partial charge in [-0.2, -0.15) is 0 Å². The second-order valence-corrected chi connectivity index (χ2v) is 17.0. The summed E-state index contributed by atoms with van der Waals surface area (Å²) in [5.41, 5.74) is 15.6. The smallest absolute Gasteiger partial charge is 0.138 e. The predicted octanol–water partition coefficient (Wildman–Crippen LogP) is 16.6. The standard InChI is InChI=1S/C60H46N4/c1-39-31-40(2)34-49(33-39)63(57-29-23-43-15-11-13-21-55(43)61-57)47-25-27-51-53(37-47)59(45-17-7-5-8-18-45)52-28-26-48(38-54(52)60(51)46-19-9-6-10-20-46)64(50-35-41(3)32-42(4)36-50)58-30-24-44-16-12-14-22-56(44)62-58/h5-38H,1-4H3. The molecule has 0 saturated carbocycles. The molecule has 9 aromatic carbocycles. The van der Waals surface area contributed by atoms with E-state index in [0.717, 1.165) is 67.3 Å². The molecule has 0 atom stereocenters. The van der Waals surface area contributed by atoms with Crippen LogP contribution in [0, 0.1) is 27.7 Å². The van der Waals surface area contributed by atoms with Crippen molar-refractivity contribution in [1.82, 2.24) is 9.97 Å². The molecule has 11 rings (SSSR count). The molecule has 0 spiro atoms. The highest BCUT2D eigenvalue weighted by Gasteiger charge is 2.23. The van der Waals surface area contributed by atoms with E-state index in [-0.39, 0.29) is 0 Å². The van der Waals surface area contributed by atoms with E-state index < -0.39 is 0 Å². The van der Waals surface area contributed by atoms with Crippen molar-refractivity contribution < 1.29 is 0 Å². The summed E-state index contributed by atoms with van der Waals surface area (Å²) < 4.78 is 0. The highest BCUT2D eigenvalue weighted by Crippen LogP contribution is 2.48. The number of para-hydroxylation sites is 2. The minimum absolute atomic E-state index is 0.867. The molecule has 0 aliphatic rings. The Labute approximate surface area is 374 Å². The average Bonchev–Trinajstić information content (AvgIpc) is 3.31. The van der Waals surface area contributed by atoms with Crippen molar-refractivity contribution in [2.45, 2.75) is 27.7 Å². The summed E-state index contributed by atoms with van der Waals surface area (Å²) in [5.74, 6) is 1.73. The molecule has 0 bridgehead atoms. The van der Waals surface area contributed by atoms with Crippen molar-refractivity contribution in [3.05, 3.63) is 229 Å². The fraction of sp³-hybridized carbons (Fsp3) is 0.0667. The Morgan fingerprint density at radius 3 is 1.08 bits per heavy atom. The molecule has 0 radical (unpaired) electrons. The number of rotatable bonds is 8. The van der Waals surface area contributed by atoms with Gasteiger partial charge in [-0.25, -0.2) is 9.97 Å². The van der Waals surface area contributed by atoms with Crippen LogP contribution in [-0.4, -0.2) is 9.97 Å². The molecule has 0 fully saturated rings. The van der Waals surface area contributed by atoms with Gasteiger partial charge in [-0.15, -0.1) is 0 Å². The Morgan fingerprint density at radius 1 is 0.297 bits per heavy atom. The molecule has 4 heteroatoms. The minimum atomic E-state index is 0.867. The first-order chi connectivity index (χ1) is 31.3. The number of aromatic nitrogens is 2. The van der Waals surface area contributed by atoms with Crippen LogP contribution >= 0.6 is 0 Å². The van der Waals surface area contributed by atoms with Crippen LogP contribution in [0.4, 0.5) is 34.4 Å². The van der Waals surface area contributed by atoms with E-state index in [4.69, 9.17) is 9.97 Å². The van der Waals surface area contributed by atoms with Crippen LogP contribution in [0.3, 0.4) is 0 Å². The van der Waals surface area contributed by atoms with Gasteiger partial charge in [0.1, 0.15) is 11.6 Å². The van der Waals surface area contributed by atoms with Gasteiger partial charge < -0.3 is 0 Å². The van der Waals surface area contributed by atoms with Gasteiger partial charge in [0.2, 0.25) is 0 Å². The minimum Gasteiger partial charge on any atom is -0.295 e. The Balaban J connectivity index is 1.21. The van der Waals surface area contributed by atoms with Gasteiger partial charge in [-0.05, 0) is 179 Å². The summed E-state index contributed by atoms with van der Waals surface area (Å²) in [6.45, 7) is 8.67. The number of nitrogens with zero attached hydrogens (tertiary/aromatic N) is 4. The lowest BCUT2D eigenvalue weighted by Crippen LogP contribution is -2.12. The van der Waals surface area contributed by atoms with Gasteiger partial charge in [-0.1, -0.05) is 121 Å². The van der Waals surface area contributed by atoms with E-state index in [1.165, 1.54) is 54.9 Å². The van der Waals surface area contributed by atoms with Gasteiger partial charge in [0.25, 0.3) is 0 Å². The molecule has 11 aromatic rings. The third-order valence-electron chi connectivity index (χ3n) is 12.3. The Morgan fingerprint density at radius 2 is 0.672 bits per heavy atom. The molecule has 0 aliphatic heterocycles. The van der Waals surface area contributed by atoms with Crippen LogP contribution in [0.2, 0.25) is 0 Å². The first kappa shape index (κ1) is 38.8. The molecule has 0 saturated heterocycles. The van der Waals surface area contributed by atoms with Crippen LogP contribution in [-0.2, 0) is 0 Å². The molecule has 64 heavy (non-hydrogen) atoms. The largest absolute Gasteiger partial charge is 0.295 e. The van der Waals surface area contributed by atoms with Gasteiger partial charge in [-0.3, -0.25) is 9.80 Å². The molecule has 0 amide bonds. The zero-order chi connectivity index (χ0) is 43.3. The molecule has 2 heterocycles. The number of anilines is 6. The summed E-state index contributed by atoms with van der Waals surface area (Å²) >= 11 is 0. The van der Waals surface area contributed by atoms with Crippen molar-refractivity contribution in [3.63, 3.8) is 0 Å². The summed E-state index contributed by atoms with van der Waals surface area (Å²) in [7, 11) is 0. The summed E-state index contributed by atoms with van der Waals surface area (Å²) in [6.07, 6.45) is 0. The number of fused-ring (bicyclic) bond motifs is 4. The number of benzene rings is 9. The maximum absolute atomic E-state index is 5.28. The van der Waals surface area contributed by atoms with Crippen molar-refractivity contribution in [3.8, 4) is 22.3 Å². The van der Waals surface area contributed by atoms with Gasteiger partial charge >= 0.3 is 0 Å². The highest BCUT2D eigenvalue weighted by atomic mass is 15.2. The maximum atomic E-state index is 5.28. The fourth-order valence-corrected chi connectivity index (χ4v) is 9.66. The van der Waals surface area contributed by atoms with Crippen molar-refractivity contribution in [1.29, 1.82) is 0 Å². The monoisotopic (exact) mass is 822 g/mol. The summed E-state index contributed by atoms with van der Waals surface area (Å²) in [6, 6.07) is 74.5. The SMILES string of the molecule is Cc1cc(C)cc(N(c2ccc3c(-c4ccccc4)c4cc(N(c5cc(C)cc(C)c5)c5ccc6ccccc6n5)ccc4c(-c4ccccc4)c3c2)c2ccc3ccccc3n2)c1. The lowest BCUT2D eigenvalue weighted by molar-refractivity contribution is 1.20. The molecule has 0 aliphatic carbocycles. The predicted molar refractivity (Wildman–Crippen MR) is 271 cm³/mol. The number of aryl methyl sites for hydroxylation is 4. The maximum Gasteiger partial charge on any atom is 0.138 e. The van der Waals surface area contributed by atoms with E-state index in [1.54, 1.807) is 0 Å². The number of hydrogen-bond acceptors (Lipinski definition) is 4. The molecular formula is C60H46N4. The van der Waals surface area contributed by atoms with Crippen LogP contribution in [0.5, 0.6) is 0 Å². The van der Waals surface area contributed by atoms with E-state index in [1.807, 2.05) is 0 Å². The molecular weight excluding hydrogens is 777 g/mol. The summed E-state index contributed by atoms with van der Waals surface area (Å²) in [5, 5.41) is 6.91. The number of pyridine rings is 2. The molecule has 4 nitrogen and oxygen atoms in total. The second kappa shape index (κ2) is 16.0.